The van der Waals surface area contributed by atoms with Crippen LogP contribution >= 0.6 is 0 Å². The summed E-state index contributed by atoms with van der Waals surface area (Å²) in [4.78, 5) is 22.8. The van der Waals surface area contributed by atoms with E-state index in [-0.39, 0.29) is 5.78 Å². The molecule has 84 valence electrons. The van der Waals surface area contributed by atoms with Crippen LogP contribution in [0.25, 0.3) is 0 Å². The minimum Gasteiger partial charge on any atom is -0.479 e. The van der Waals surface area contributed by atoms with E-state index in [1.165, 1.54) is 6.08 Å². The van der Waals surface area contributed by atoms with Crippen molar-refractivity contribution in [1.82, 2.24) is 5.32 Å². The molecule has 0 spiro atoms. The molecule has 4 nitrogen and oxygen atoms in total. The number of carboxylic acids is 1. The predicted octanol–water partition coefficient (Wildman–Crippen LogP) is 1.16. The molecule has 4 heteroatoms. The number of ketones is 1. The number of rotatable bonds is 4. The van der Waals surface area contributed by atoms with E-state index in [1.54, 1.807) is 12.2 Å². The molecule has 0 saturated carbocycles. The third-order valence-electron chi connectivity index (χ3n) is 2.88. The summed E-state index contributed by atoms with van der Waals surface area (Å²) in [5.74, 6) is -1.19. The van der Waals surface area contributed by atoms with E-state index in [0.717, 1.165) is 6.42 Å². The summed E-state index contributed by atoms with van der Waals surface area (Å²) in [5.41, 5.74) is -0.167. The van der Waals surface area contributed by atoms with Crippen LogP contribution in [-0.2, 0) is 9.59 Å². The van der Waals surface area contributed by atoms with Gasteiger partial charge in [0.25, 0.3) is 0 Å². The minimum atomic E-state index is -1.21. The van der Waals surface area contributed by atoms with Gasteiger partial charge in [-0.3, -0.25) is 4.79 Å². The Kier molecular flexibility index (Phi) is 2.42. The molecular weight excluding hydrogens is 206 g/mol. The molecule has 0 radical (unpaired) electrons. The molecule has 2 aliphatic rings. The lowest BCUT2D eigenvalue weighted by Crippen LogP contribution is -2.61. The summed E-state index contributed by atoms with van der Waals surface area (Å²) in [6.07, 6.45) is 7.90. The van der Waals surface area contributed by atoms with Gasteiger partial charge in [-0.1, -0.05) is 19.1 Å². The highest BCUT2D eigenvalue weighted by atomic mass is 16.4. The first kappa shape index (κ1) is 10.7. The Labute approximate surface area is 93.3 Å². The van der Waals surface area contributed by atoms with E-state index in [2.05, 4.69) is 5.32 Å². The van der Waals surface area contributed by atoms with E-state index >= 15 is 0 Å². The fourth-order valence-electron chi connectivity index (χ4n) is 2.06. The Morgan fingerprint density at radius 1 is 1.50 bits per heavy atom. The van der Waals surface area contributed by atoms with E-state index < -0.39 is 11.5 Å². The van der Waals surface area contributed by atoms with Crippen molar-refractivity contribution in [2.75, 3.05) is 0 Å². The molecule has 0 fully saturated rings. The maximum atomic E-state index is 11.5. The number of carbonyl (C=O) groups is 2. The van der Waals surface area contributed by atoms with Crippen molar-refractivity contribution in [3.63, 3.8) is 0 Å². The van der Waals surface area contributed by atoms with Gasteiger partial charge in [-0.15, -0.1) is 0 Å². The standard InChI is InChI=1S/C12H13NO3/c1-2-3-4-7-12(11(15)16)10-8(13-12)5-6-9(10)14/h3-6,13H,2,7H2,1H3,(H,15,16)/b4-3-. The largest absolute Gasteiger partial charge is 0.479 e. The van der Waals surface area contributed by atoms with Gasteiger partial charge in [0.15, 0.2) is 11.3 Å². The highest BCUT2D eigenvalue weighted by Gasteiger charge is 2.53. The number of hydrogen-bond donors (Lipinski definition) is 2. The van der Waals surface area contributed by atoms with Crippen LogP contribution in [0, 0.1) is 0 Å². The second-order valence-corrected chi connectivity index (χ2v) is 3.91. The molecule has 0 aromatic carbocycles. The third-order valence-corrected chi connectivity index (χ3v) is 2.88. The van der Waals surface area contributed by atoms with E-state index in [4.69, 9.17) is 0 Å². The summed E-state index contributed by atoms with van der Waals surface area (Å²) >= 11 is 0. The average molecular weight is 219 g/mol. The minimum absolute atomic E-state index is 0.193. The Hall–Kier alpha value is -1.84. The first-order valence-corrected chi connectivity index (χ1v) is 5.25. The fraction of sp³-hybridized carbons (Fsp3) is 0.333. The van der Waals surface area contributed by atoms with Crippen LogP contribution in [0.4, 0.5) is 0 Å². The van der Waals surface area contributed by atoms with Gasteiger partial charge < -0.3 is 10.4 Å². The topological polar surface area (TPSA) is 66.4 Å². The maximum absolute atomic E-state index is 11.5. The Morgan fingerprint density at radius 2 is 2.25 bits per heavy atom. The number of carboxylic acid groups (broad SMARTS) is 1. The van der Waals surface area contributed by atoms with E-state index in [9.17, 15) is 14.7 Å². The lowest BCUT2D eigenvalue weighted by Gasteiger charge is -2.40. The van der Waals surface area contributed by atoms with Crippen molar-refractivity contribution in [2.45, 2.75) is 25.3 Å². The molecule has 16 heavy (non-hydrogen) atoms. The van der Waals surface area contributed by atoms with Crippen molar-refractivity contribution in [3.8, 4) is 0 Å². The number of aliphatic carboxylic acids is 1. The van der Waals surface area contributed by atoms with Crippen molar-refractivity contribution >= 4 is 11.8 Å². The zero-order chi connectivity index (χ0) is 11.8. The molecule has 2 N–H and O–H groups in total. The summed E-state index contributed by atoms with van der Waals surface area (Å²) < 4.78 is 0. The van der Waals surface area contributed by atoms with Crippen LogP contribution in [0.2, 0.25) is 0 Å². The number of hydrogen-bond acceptors (Lipinski definition) is 3. The molecule has 1 atom stereocenters. The molecule has 1 aliphatic carbocycles. The Balaban J connectivity index is 2.25. The molecule has 0 aromatic rings. The van der Waals surface area contributed by atoms with Crippen LogP contribution in [-0.4, -0.2) is 22.4 Å². The van der Waals surface area contributed by atoms with Gasteiger partial charge in [-0.2, -0.15) is 0 Å². The second-order valence-electron chi connectivity index (χ2n) is 3.91. The van der Waals surface area contributed by atoms with Crippen LogP contribution in [0.1, 0.15) is 19.8 Å². The Bertz CT molecular complexity index is 445. The van der Waals surface area contributed by atoms with Gasteiger partial charge in [0.1, 0.15) is 0 Å². The van der Waals surface area contributed by atoms with Crippen molar-refractivity contribution in [1.29, 1.82) is 0 Å². The monoisotopic (exact) mass is 219 g/mol. The van der Waals surface area contributed by atoms with Gasteiger partial charge >= 0.3 is 5.97 Å². The zero-order valence-electron chi connectivity index (χ0n) is 8.99. The van der Waals surface area contributed by atoms with Gasteiger partial charge in [-0.05, 0) is 18.6 Å². The van der Waals surface area contributed by atoms with E-state index in [0.29, 0.717) is 17.7 Å². The van der Waals surface area contributed by atoms with Crippen molar-refractivity contribution < 1.29 is 14.7 Å². The van der Waals surface area contributed by atoms with Gasteiger partial charge in [-0.25, -0.2) is 4.79 Å². The molecule has 0 aromatic heterocycles. The van der Waals surface area contributed by atoms with Gasteiger partial charge in [0.2, 0.25) is 0 Å². The summed E-state index contributed by atoms with van der Waals surface area (Å²) in [6.45, 7) is 1.98. The van der Waals surface area contributed by atoms with E-state index in [1.807, 2.05) is 13.0 Å². The zero-order valence-corrected chi connectivity index (χ0v) is 8.99. The first-order valence-electron chi connectivity index (χ1n) is 5.25. The molecule has 1 aliphatic heterocycles. The molecule has 2 rings (SSSR count). The number of nitrogens with one attached hydrogen (secondary N) is 1. The smallest absolute Gasteiger partial charge is 0.334 e. The van der Waals surface area contributed by atoms with Crippen LogP contribution in [0.3, 0.4) is 0 Å². The quantitative estimate of drug-likeness (QED) is 0.696. The highest BCUT2D eigenvalue weighted by molar-refractivity contribution is 6.16. The van der Waals surface area contributed by atoms with Crippen molar-refractivity contribution in [2.24, 2.45) is 0 Å². The van der Waals surface area contributed by atoms with Crippen molar-refractivity contribution in [3.05, 3.63) is 35.6 Å². The molecular formula is C12H13NO3. The van der Waals surface area contributed by atoms with Gasteiger partial charge in [0, 0.05) is 12.1 Å². The first-order chi connectivity index (χ1) is 7.62. The lowest BCUT2D eigenvalue weighted by atomic mass is 9.78. The number of carbonyl (C=O) groups excluding carboxylic acids is 1. The lowest BCUT2D eigenvalue weighted by molar-refractivity contribution is -0.144. The second kappa shape index (κ2) is 3.63. The average Bonchev–Trinajstić information content (AvgIpc) is 2.48. The van der Waals surface area contributed by atoms with Gasteiger partial charge in [0.05, 0.1) is 5.57 Å². The SMILES string of the molecule is CC/C=C\CC1(C(=O)O)NC2=C1C(=O)C=C2. The third kappa shape index (κ3) is 1.30. The molecule has 0 saturated heterocycles. The Morgan fingerprint density at radius 3 is 2.81 bits per heavy atom. The highest BCUT2D eigenvalue weighted by Crippen LogP contribution is 2.38. The van der Waals surface area contributed by atoms with Crippen LogP contribution < -0.4 is 5.32 Å². The summed E-state index contributed by atoms with van der Waals surface area (Å²) in [6, 6.07) is 0. The predicted molar refractivity (Wildman–Crippen MR) is 58.7 cm³/mol. The molecule has 0 amide bonds. The molecule has 1 heterocycles. The molecule has 0 bridgehead atoms. The van der Waals surface area contributed by atoms with Crippen LogP contribution in [0.15, 0.2) is 35.6 Å². The van der Waals surface area contributed by atoms with Crippen LogP contribution in [0.5, 0.6) is 0 Å². The summed E-state index contributed by atoms with van der Waals surface area (Å²) in [5, 5.41) is 12.1. The summed E-state index contributed by atoms with van der Waals surface area (Å²) in [7, 11) is 0. The maximum Gasteiger partial charge on any atom is 0.334 e. The molecule has 1 unspecified atom stereocenters. The fourth-order valence-corrected chi connectivity index (χ4v) is 2.06. The normalized spacial score (nSPS) is 26.9. The number of allylic oxidation sites excluding steroid dienone is 3.